The Kier molecular flexibility index (Phi) is 8.50. The SMILES string of the molecule is COc1nc(NCCO)c2c(OC(C)C)nc(-c3c(C)c(C)cc4[nH]ncc34)c(F)c2n1.FC1CC2CCCN2C1. The van der Waals surface area contributed by atoms with Crippen LogP contribution in [0.3, 0.4) is 0 Å². The normalized spacial score (nSPS) is 18.6. The largest absolute Gasteiger partial charge is 0.474 e. The summed E-state index contributed by atoms with van der Waals surface area (Å²) in [6.07, 6.45) is 4.23. The first kappa shape index (κ1) is 28.9. The first-order chi connectivity index (χ1) is 19.7. The number of fused-ring (bicyclic) bond motifs is 3. The number of nitrogens with zero attached hydrogens (tertiary/aromatic N) is 5. The number of benzene rings is 1. The van der Waals surface area contributed by atoms with E-state index < -0.39 is 12.0 Å². The van der Waals surface area contributed by atoms with E-state index in [1.165, 1.54) is 20.0 Å². The van der Waals surface area contributed by atoms with Gasteiger partial charge in [-0.3, -0.25) is 10.00 Å². The van der Waals surface area contributed by atoms with E-state index in [0.29, 0.717) is 18.2 Å². The summed E-state index contributed by atoms with van der Waals surface area (Å²) in [4.78, 5) is 15.5. The van der Waals surface area contributed by atoms with Crippen LogP contribution in [0.15, 0.2) is 12.3 Å². The summed E-state index contributed by atoms with van der Waals surface area (Å²) in [7, 11) is 1.41. The molecule has 41 heavy (non-hydrogen) atoms. The number of aryl methyl sites for hydroxylation is 1. The Bertz CT molecular complexity index is 1530. The fourth-order valence-electron chi connectivity index (χ4n) is 5.65. The third-order valence-electron chi connectivity index (χ3n) is 7.63. The molecule has 3 N–H and O–H groups in total. The summed E-state index contributed by atoms with van der Waals surface area (Å²) in [5.74, 6) is -0.170. The van der Waals surface area contributed by atoms with Gasteiger partial charge in [-0.05, 0) is 70.7 Å². The number of hydrogen-bond donors (Lipinski definition) is 3. The van der Waals surface area contributed by atoms with Gasteiger partial charge in [0.2, 0.25) is 5.88 Å². The molecule has 2 saturated heterocycles. The molecule has 2 aliphatic heterocycles. The highest BCUT2D eigenvalue weighted by Gasteiger charge is 2.34. The number of aromatic nitrogens is 5. The fourth-order valence-corrected chi connectivity index (χ4v) is 5.65. The van der Waals surface area contributed by atoms with Crippen molar-refractivity contribution < 1.29 is 23.4 Å². The zero-order valence-corrected chi connectivity index (χ0v) is 24.1. The Labute approximate surface area is 237 Å². The lowest BCUT2D eigenvalue weighted by Gasteiger charge is -2.18. The molecule has 5 heterocycles. The van der Waals surface area contributed by atoms with Crippen molar-refractivity contribution in [2.45, 2.75) is 65.3 Å². The number of aromatic amines is 1. The maximum atomic E-state index is 16.1. The van der Waals surface area contributed by atoms with Crippen LogP contribution in [0.5, 0.6) is 11.9 Å². The molecule has 2 fully saturated rings. The molecule has 4 aromatic rings. The lowest BCUT2D eigenvalue weighted by molar-refractivity contribution is 0.236. The molecule has 12 heteroatoms. The molecule has 0 aliphatic carbocycles. The fraction of sp³-hybridized carbons (Fsp3) is 0.517. The molecular formula is C29H37F2N7O3. The second-order valence-corrected chi connectivity index (χ2v) is 10.8. The summed E-state index contributed by atoms with van der Waals surface area (Å²) >= 11 is 0. The van der Waals surface area contributed by atoms with E-state index in [4.69, 9.17) is 9.47 Å². The van der Waals surface area contributed by atoms with E-state index in [-0.39, 0.29) is 53.6 Å². The highest BCUT2D eigenvalue weighted by atomic mass is 19.1. The van der Waals surface area contributed by atoms with Crippen LogP contribution >= 0.6 is 0 Å². The average molecular weight is 570 g/mol. The van der Waals surface area contributed by atoms with Crippen molar-refractivity contribution in [2.75, 3.05) is 38.7 Å². The van der Waals surface area contributed by atoms with Crippen LogP contribution in [-0.2, 0) is 0 Å². The van der Waals surface area contributed by atoms with Gasteiger partial charge in [-0.1, -0.05) is 0 Å². The molecule has 2 atom stereocenters. The average Bonchev–Trinajstić information content (AvgIpc) is 3.66. The predicted molar refractivity (Wildman–Crippen MR) is 154 cm³/mol. The first-order valence-electron chi connectivity index (χ1n) is 14.0. The molecule has 0 amide bonds. The number of hydrogen-bond acceptors (Lipinski definition) is 9. The summed E-state index contributed by atoms with van der Waals surface area (Å²) in [5.41, 5.74) is 3.35. The molecule has 6 rings (SSSR count). The van der Waals surface area contributed by atoms with Gasteiger partial charge >= 0.3 is 6.01 Å². The Morgan fingerprint density at radius 3 is 2.76 bits per heavy atom. The van der Waals surface area contributed by atoms with Gasteiger partial charge in [0.25, 0.3) is 0 Å². The van der Waals surface area contributed by atoms with Gasteiger partial charge < -0.3 is 19.9 Å². The first-order valence-corrected chi connectivity index (χ1v) is 14.0. The quantitative estimate of drug-likeness (QED) is 0.290. The van der Waals surface area contributed by atoms with Crippen LogP contribution in [0.4, 0.5) is 14.6 Å². The maximum absolute atomic E-state index is 16.1. The number of anilines is 1. The van der Waals surface area contributed by atoms with Gasteiger partial charge in [-0.2, -0.15) is 15.1 Å². The van der Waals surface area contributed by atoms with Gasteiger partial charge in [0.1, 0.15) is 28.6 Å². The molecular weight excluding hydrogens is 532 g/mol. The number of rotatable bonds is 7. The topological polar surface area (TPSA) is 121 Å². The van der Waals surface area contributed by atoms with E-state index in [9.17, 15) is 9.50 Å². The molecule has 2 aliphatic rings. The molecule has 0 bridgehead atoms. The number of nitrogens with one attached hydrogen (secondary N) is 2. The van der Waals surface area contributed by atoms with Crippen molar-refractivity contribution >= 4 is 27.6 Å². The smallest absolute Gasteiger partial charge is 0.318 e. The van der Waals surface area contributed by atoms with Gasteiger partial charge in [0.15, 0.2) is 5.82 Å². The number of pyridine rings is 1. The Morgan fingerprint density at radius 2 is 2.05 bits per heavy atom. The molecule has 10 nitrogen and oxygen atoms in total. The van der Waals surface area contributed by atoms with Crippen molar-refractivity contribution in [1.82, 2.24) is 30.0 Å². The molecule has 2 unspecified atom stereocenters. The standard InChI is InChI=1S/C22H25FN6O3.C7H12FN/c1-10(2)32-21-16-19(27-22(31-5)28-20(16)24-6-7-30)17(23)18(26-21)15-12(4)11(3)8-14-13(15)9-25-29-14;8-6-4-7-2-1-3-9(7)5-6/h8-10,30H,6-7H2,1-5H3,(H,25,29)(H,24,27,28);6-7H,1-5H2. The highest BCUT2D eigenvalue weighted by molar-refractivity contribution is 6.01. The van der Waals surface area contributed by atoms with Crippen molar-refractivity contribution in [3.05, 3.63) is 29.2 Å². The third-order valence-corrected chi connectivity index (χ3v) is 7.63. The van der Waals surface area contributed by atoms with Gasteiger partial charge in [-0.15, -0.1) is 0 Å². The Hall–Kier alpha value is -3.64. The van der Waals surface area contributed by atoms with Gasteiger partial charge in [0, 0.05) is 30.1 Å². The lowest BCUT2D eigenvalue weighted by atomic mass is 9.96. The van der Waals surface area contributed by atoms with Gasteiger partial charge in [0.05, 0.1) is 31.5 Å². The molecule has 0 saturated carbocycles. The summed E-state index contributed by atoms with van der Waals surface area (Å²) in [6.45, 7) is 9.50. The van der Waals surface area contributed by atoms with Crippen molar-refractivity contribution in [1.29, 1.82) is 0 Å². The lowest BCUT2D eigenvalue weighted by Crippen LogP contribution is -2.22. The number of halogens is 2. The van der Waals surface area contributed by atoms with Crippen LogP contribution in [-0.4, -0.2) is 86.8 Å². The number of aliphatic hydroxyl groups excluding tert-OH is 1. The van der Waals surface area contributed by atoms with Crippen molar-refractivity contribution in [3.63, 3.8) is 0 Å². The molecule has 3 aromatic heterocycles. The highest BCUT2D eigenvalue weighted by Crippen LogP contribution is 2.40. The van der Waals surface area contributed by atoms with E-state index in [2.05, 4.69) is 35.4 Å². The predicted octanol–water partition coefficient (Wildman–Crippen LogP) is 4.72. The van der Waals surface area contributed by atoms with Crippen molar-refractivity contribution in [2.24, 2.45) is 0 Å². The van der Waals surface area contributed by atoms with E-state index in [1.807, 2.05) is 33.8 Å². The molecule has 220 valence electrons. The van der Waals surface area contributed by atoms with Crippen LogP contribution < -0.4 is 14.8 Å². The monoisotopic (exact) mass is 569 g/mol. The van der Waals surface area contributed by atoms with E-state index in [1.54, 1.807) is 6.20 Å². The second-order valence-electron chi connectivity index (χ2n) is 10.8. The van der Waals surface area contributed by atoms with E-state index in [0.717, 1.165) is 35.0 Å². The molecule has 0 spiro atoms. The van der Waals surface area contributed by atoms with Crippen LogP contribution in [0.25, 0.3) is 33.1 Å². The minimum absolute atomic E-state index is 0.00971. The summed E-state index contributed by atoms with van der Waals surface area (Å²) < 4.78 is 39.8. The van der Waals surface area contributed by atoms with Crippen LogP contribution in [0.1, 0.15) is 44.2 Å². The molecule has 1 aromatic carbocycles. The number of aliphatic hydroxyl groups is 1. The molecule has 0 radical (unpaired) electrons. The minimum atomic E-state index is -0.625. The van der Waals surface area contributed by atoms with Crippen LogP contribution in [0.2, 0.25) is 0 Å². The second kappa shape index (κ2) is 12.1. The number of H-pyrrole nitrogens is 1. The van der Waals surface area contributed by atoms with Gasteiger partial charge in [-0.25, -0.2) is 13.8 Å². The minimum Gasteiger partial charge on any atom is -0.474 e. The zero-order valence-electron chi connectivity index (χ0n) is 24.1. The van der Waals surface area contributed by atoms with Crippen LogP contribution in [0, 0.1) is 19.7 Å². The number of alkyl halides is 1. The summed E-state index contributed by atoms with van der Waals surface area (Å²) in [5, 5.41) is 20.3. The maximum Gasteiger partial charge on any atom is 0.318 e. The zero-order chi connectivity index (χ0) is 29.3. The summed E-state index contributed by atoms with van der Waals surface area (Å²) in [6, 6.07) is 2.56. The number of ether oxygens (including phenoxy) is 2. The Balaban J connectivity index is 0.000000315. The van der Waals surface area contributed by atoms with E-state index >= 15 is 4.39 Å². The van der Waals surface area contributed by atoms with Crippen molar-refractivity contribution in [3.8, 4) is 23.1 Å². The third kappa shape index (κ3) is 5.76. The Morgan fingerprint density at radius 1 is 1.24 bits per heavy atom. The number of methoxy groups -OCH3 is 1.